The van der Waals surface area contributed by atoms with Gasteiger partial charge in [0.25, 0.3) is 0 Å². The number of allylic oxidation sites excluding steroid dienone is 1. The molecule has 0 spiro atoms. The van der Waals surface area contributed by atoms with Crippen molar-refractivity contribution in [3.8, 4) is 11.5 Å². The van der Waals surface area contributed by atoms with Crippen molar-refractivity contribution in [1.29, 1.82) is 0 Å². The Morgan fingerprint density at radius 1 is 1.26 bits per heavy atom. The lowest BCUT2D eigenvalue weighted by molar-refractivity contribution is 0.134. The fourth-order valence-corrected chi connectivity index (χ4v) is 4.52. The average Bonchev–Trinajstić information content (AvgIpc) is 2.91. The molecule has 126 valence electrons. The van der Waals surface area contributed by atoms with Gasteiger partial charge in [-0.25, -0.2) is 0 Å². The second kappa shape index (κ2) is 6.08. The molecule has 0 saturated carbocycles. The average molecular weight is 317 g/mol. The summed E-state index contributed by atoms with van der Waals surface area (Å²) in [4.78, 5) is 2.29. The highest BCUT2D eigenvalue weighted by Gasteiger charge is 2.50. The molecule has 0 bridgehead atoms. The fourth-order valence-electron chi connectivity index (χ4n) is 4.52. The molecular weight excluding hydrogens is 290 g/mol. The number of benzene rings is 1. The zero-order valence-corrected chi connectivity index (χ0v) is 14.5. The third-order valence-electron chi connectivity index (χ3n) is 5.67. The molecule has 4 heteroatoms. The van der Waals surface area contributed by atoms with Crippen LogP contribution in [0.15, 0.2) is 30.0 Å². The molecule has 3 rings (SSSR count). The number of rotatable bonds is 4. The summed E-state index contributed by atoms with van der Waals surface area (Å²) in [6, 6.07) is 6.28. The van der Waals surface area contributed by atoms with Crippen molar-refractivity contribution in [3.63, 3.8) is 0 Å². The number of hydrogen-bond donors (Lipinski definition) is 1. The molecule has 0 unspecified atom stereocenters. The van der Waals surface area contributed by atoms with Crippen LogP contribution in [-0.2, 0) is 5.41 Å². The number of nitrogens with zero attached hydrogens (tertiary/aromatic N) is 1. The van der Waals surface area contributed by atoms with E-state index in [1.165, 1.54) is 11.3 Å². The molecule has 2 aliphatic rings. The number of aliphatic hydroxyl groups excluding tert-OH is 1. The molecule has 1 heterocycles. The van der Waals surface area contributed by atoms with Gasteiger partial charge in [0, 0.05) is 24.7 Å². The van der Waals surface area contributed by atoms with Crippen molar-refractivity contribution in [3.05, 3.63) is 35.5 Å². The minimum absolute atomic E-state index is 0.0255. The molecule has 1 aliphatic carbocycles. The topological polar surface area (TPSA) is 41.9 Å². The van der Waals surface area contributed by atoms with Crippen molar-refractivity contribution >= 4 is 0 Å². The minimum Gasteiger partial charge on any atom is -0.493 e. The van der Waals surface area contributed by atoms with Gasteiger partial charge in [-0.05, 0) is 42.5 Å². The van der Waals surface area contributed by atoms with Crippen molar-refractivity contribution in [2.75, 3.05) is 27.8 Å². The van der Waals surface area contributed by atoms with Crippen LogP contribution in [0.25, 0.3) is 0 Å². The van der Waals surface area contributed by atoms with E-state index >= 15 is 0 Å². The molecule has 1 aromatic carbocycles. The first-order valence-electron chi connectivity index (χ1n) is 8.40. The van der Waals surface area contributed by atoms with E-state index in [4.69, 9.17) is 9.47 Å². The maximum atomic E-state index is 10.3. The zero-order valence-electron chi connectivity index (χ0n) is 14.5. The Balaban J connectivity index is 2.15. The molecule has 1 aromatic rings. The molecule has 1 saturated heterocycles. The van der Waals surface area contributed by atoms with Crippen LogP contribution in [0.4, 0.5) is 0 Å². The van der Waals surface area contributed by atoms with Crippen LogP contribution in [0.1, 0.15) is 31.7 Å². The highest BCUT2D eigenvalue weighted by atomic mass is 16.5. The Morgan fingerprint density at radius 3 is 2.65 bits per heavy atom. The van der Waals surface area contributed by atoms with Gasteiger partial charge in [-0.15, -0.1) is 0 Å². The second-order valence-electron chi connectivity index (χ2n) is 6.67. The monoisotopic (exact) mass is 317 g/mol. The molecular formula is C19H27NO3. The fraction of sp³-hybridized carbons (Fsp3) is 0.579. The number of methoxy groups -OCH3 is 2. The highest BCUT2D eigenvalue weighted by molar-refractivity contribution is 5.50. The van der Waals surface area contributed by atoms with E-state index in [1.807, 2.05) is 6.07 Å². The van der Waals surface area contributed by atoms with Crippen LogP contribution < -0.4 is 9.47 Å². The first-order chi connectivity index (χ1) is 11.1. The second-order valence-corrected chi connectivity index (χ2v) is 6.67. The normalized spacial score (nSPS) is 30.0. The summed E-state index contributed by atoms with van der Waals surface area (Å²) in [6.07, 6.45) is 4.66. The van der Waals surface area contributed by atoms with E-state index in [2.05, 4.69) is 37.1 Å². The van der Waals surface area contributed by atoms with Crippen LogP contribution in [0.3, 0.4) is 0 Å². The number of likely N-dealkylation sites (tertiary alicyclic amines) is 1. The molecule has 1 aliphatic heterocycles. The summed E-state index contributed by atoms with van der Waals surface area (Å²) in [5.41, 5.74) is 2.50. The summed E-state index contributed by atoms with van der Waals surface area (Å²) in [6.45, 7) is 3.24. The number of fused-ring (bicyclic) bond motifs is 1. The molecule has 1 fully saturated rings. The summed E-state index contributed by atoms with van der Waals surface area (Å²) < 4.78 is 10.9. The van der Waals surface area contributed by atoms with Crippen LogP contribution >= 0.6 is 0 Å². The van der Waals surface area contributed by atoms with Gasteiger partial charge in [0.2, 0.25) is 0 Å². The lowest BCUT2D eigenvalue weighted by Gasteiger charge is -2.44. The predicted octanol–water partition coefficient (Wildman–Crippen LogP) is 2.95. The smallest absolute Gasteiger partial charge is 0.161 e. The Hall–Kier alpha value is -1.68. The Bertz CT molecular complexity index is 613. The quantitative estimate of drug-likeness (QED) is 0.927. The van der Waals surface area contributed by atoms with Crippen molar-refractivity contribution in [2.24, 2.45) is 5.92 Å². The first kappa shape index (κ1) is 16.2. The highest BCUT2D eigenvalue weighted by Crippen LogP contribution is 2.54. The maximum absolute atomic E-state index is 10.3. The summed E-state index contributed by atoms with van der Waals surface area (Å²) in [5, 5.41) is 10.3. The van der Waals surface area contributed by atoms with Crippen molar-refractivity contribution < 1.29 is 14.6 Å². The van der Waals surface area contributed by atoms with E-state index in [-0.39, 0.29) is 11.5 Å². The molecule has 1 N–H and O–H groups in total. The van der Waals surface area contributed by atoms with Gasteiger partial charge in [-0.2, -0.15) is 0 Å². The van der Waals surface area contributed by atoms with Crippen LogP contribution in [0.2, 0.25) is 0 Å². The summed E-state index contributed by atoms with van der Waals surface area (Å²) >= 11 is 0. The lowest BCUT2D eigenvalue weighted by atomic mass is 9.62. The van der Waals surface area contributed by atoms with Gasteiger partial charge in [-0.3, -0.25) is 0 Å². The zero-order chi connectivity index (χ0) is 16.6. The number of likely N-dealkylation sites (N-methyl/N-ethyl adjacent to an activating group) is 1. The van der Waals surface area contributed by atoms with E-state index < -0.39 is 0 Å². The third kappa shape index (κ3) is 2.40. The lowest BCUT2D eigenvalue weighted by Crippen LogP contribution is -2.41. The molecule has 0 aromatic heterocycles. The number of ether oxygens (including phenoxy) is 2. The van der Waals surface area contributed by atoms with E-state index in [9.17, 15) is 5.11 Å². The predicted molar refractivity (Wildman–Crippen MR) is 91.0 cm³/mol. The number of hydrogen-bond acceptors (Lipinski definition) is 4. The van der Waals surface area contributed by atoms with Crippen LogP contribution in [0.5, 0.6) is 11.5 Å². The van der Waals surface area contributed by atoms with Crippen LogP contribution in [-0.4, -0.2) is 43.9 Å². The standard InChI is InChI=1S/C19H27NO3/c1-5-13-10-15(21)12-18-19(13,8-9-20(18)2)14-6-7-16(22-3)17(11-14)23-4/h6-7,11-13,15,21H,5,8-10H2,1-4H3/t13-,15+,19+/m0/s1. The van der Waals surface area contributed by atoms with E-state index in [0.29, 0.717) is 5.92 Å². The Kier molecular flexibility index (Phi) is 4.28. The van der Waals surface area contributed by atoms with Crippen LogP contribution in [0, 0.1) is 5.92 Å². The van der Waals surface area contributed by atoms with Gasteiger partial charge in [0.05, 0.1) is 20.3 Å². The first-order valence-corrected chi connectivity index (χ1v) is 8.40. The van der Waals surface area contributed by atoms with Gasteiger partial charge < -0.3 is 19.5 Å². The third-order valence-corrected chi connectivity index (χ3v) is 5.67. The molecule has 0 radical (unpaired) electrons. The number of aliphatic hydroxyl groups is 1. The van der Waals surface area contributed by atoms with Gasteiger partial charge in [0.15, 0.2) is 11.5 Å². The minimum atomic E-state index is -0.344. The van der Waals surface area contributed by atoms with Crippen molar-refractivity contribution in [2.45, 2.75) is 37.7 Å². The maximum Gasteiger partial charge on any atom is 0.161 e. The molecule has 0 amide bonds. The Labute approximate surface area is 138 Å². The van der Waals surface area contributed by atoms with Crippen molar-refractivity contribution in [1.82, 2.24) is 4.90 Å². The summed E-state index contributed by atoms with van der Waals surface area (Å²) in [5.74, 6) is 1.96. The SMILES string of the molecule is CC[C@H]1C[C@@H](O)C=C2N(C)CC[C@@]21c1ccc(OC)c(OC)c1. The van der Waals surface area contributed by atoms with E-state index in [0.717, 1.165) is 37.3 Å². The van der Waals surface area contributed by atoms with Gasteiger partial charge >= 0.3 is 0 Å². The van der Waals surface area contributed by atoms with E-state index in [1.54, 1.807) is 14.2 Å². The Morgan fingerprint density at radius 2 is 2.00 bits per heavy atom. The molecule has 4 nitrogen and oxygen atoms in total. The summed E-state index contributed by atoms with van der Waals surface area (Å²) in [7, 11) is 5.47. The van der Waals surface area contributed by atoms with Gasteiger partial charge in [-0.1, -0.05) is 19.4 Å². The van der Waals surface area contributed by atoms with Gasteiger partial charge in [0.1, 0.15) is 0 Å². The molecule has 3 atom stereocenters. The molecule has 23 heavy (non-hydrogen) atoms. The largest absolute Gasteiger partial charge is 0.493 e.